The topological polar surface area (TPSA) is 66.5 Å². The number of Topliss-reactive ketones (excluding diaryl/α,β-unsaturated/α-hetero) is 1. The van der Waals surface area contributed by atoms with E-state index in [4.69, 9.17) is 0 Å². The van der Waals surface area contributed by atoms with Gasteiger partial charge in [0.15, 0.2) is 15.6 Å². The summed E-state index contributed by atoms with van der Waals surface area (Å²) in [4.78, 5) is 14.2. The van der Waals surface area contributed by atoms with Crippen LogP contribution in [0.5, 0.6) is 0 Å². The summed E-state index contributed by atoms with van der Waals surface area (Å²) >= 11 is 0. The normalized spacial score (nSPS) is 15.5. The molecule has 5 nitrogen and oxygen atoms in total. The molecule has 1 fully saturated rings. The molecule has 1 aliphatic rings. The van der Waals surface area contributed by atoms with Crippen LogP contribution in [0.15, 0.2) is 47.4 Å². The molecule has 0 bridgehead atoms. The van der Waals surface area contributed by atoms with E-state index in [1.807, 2.05) is 12.1 Å². The van der Waals surface area contributed by atoms with Crippen LogP contribution < -0.4 is 10.2 Å². The van der Waals surface area contributed by atoms with Gasteiger partial charge in [-0.05, 0) is 44.0 Å². The molecular formula is C21H25FN2O3S. The van der Waals surface area contributed by atoms with E-state index in [1.165, 1.54) is 13.0 Å². The molecule has 1 aliphatic heterocycles. The Balaban J connectivity index is 1.74. The summed E-state index contributed by atoms with van der Waals surface area (Å²) in [6.07, 6.45) is 1.52. The fourth-order valence-corrected chi connectivity index (χ4v) is 4.74. The lowest BCUT2D eigenvalue weighted by Gasteiger charge is -2.35. The summed E-state index contributed by atoms with van der Waals surface area (Å²) in [5, 5.41) is 3.29. The molecule has 0 spiro atoms. The average Bonchev–Trinajstić information content (AvgIpc) is 2.68. The monoisotopic (exact) mass is 404 g/mol. The van der Waals surface area contributed by atoms with Crippen LogP contribution in [-0.4, -0.2) is 39.1 Å². The second-order valence-electron chi connectivity index (χ2n) is 7.00. The van der Waals surface area contributed by atoms with Crippen molar-refractivity contribution in [2.45, 2.75) is 37.6 Å². The third-order valence-electron chi connectivity index (χ3n) is 5.14. The highest BCUT2D eigenvalue weighted by Crippen LogP contribution is 2.30. The number of sulfone groups is 1. The number of piperidine rings is 1. The first kappa shape index (κ1) is 20.3. The second-order valence-corrected chi connectivity index (χ2v) is 9.24. The van der Waals surface area contributed by atoms with Gasteiger partial charge in [0.1, 0.15) is 5.82 Å². The third kappa shape index (κ3) is 4.19. The Labute approximate surface area is 165 Å². The molecule has 2 aromatic carbocycles. The van der Waals surface area contributed by atoms with Crippen LogP contribution in [0, 0.1) is 5.82 Å². The van der Waals surface area contributed by atoms with E-state index in [1.54, 1.807) is 31.2 Å². The van der Waals surface area contributed by atoms with Crippen LogP contribution in [0.2, 0.25) is 0 Å². The first-order chi connectivity index (χ1) is 13.3. The Hall–Kier alpha value is -2.41. The van der Waals surface area contributed by atoms with Crippen LogP contribution in [0.1, 0.15) is 37.0 Å². The molecule has 2 aromatic rings. The summed E-state index contributed by atoms with van der Waals surface area (Å²) in [5.74, 6) is -0.763. The third-order valence-corrected chi connectivity index (χ3v) is 6.92. The first-order valence-electron chi connectivity index (χ1n) is 9.46. The van der Waals surface area contributed by atoms with Gasteiger partial charge < -0.3 is 10.2 Å². The zero-order valence-electron chi connectivity index (χ0n) is 16.1. The predicted octanol–water partition coefficient (Wildman–Crippen LogP) is 3.90. The molecular weight excluding hydrogens is 379 g/mol. The summed E-state index contributed by atoms with van der Waals surface area (Å²) in [6.45, 7) is 4.36. The molecule has 1 saturated heterocycles. The van der Waals surface area contributed by atoms with Crippen molar-refractivity contribution in [3.05, 3.63) is 53.8 Å². The van der Waals surface area contributed by atoms with Crippen molar-refractivity contribution in [1.82, 2.24) is 0 Å². The van der Waals surface area contributed by atoms with Gasteiger partial charge in [-0.2, -0.15) is 0 Å². The number of halogens is 1. The van der Waals surface area contributed by atoms with E-state index in [0.29, 0.717) is 23.7 Å². The molecule has 0 saturated carbocycles. The number of hydrogen-bond acceptors (Lipinski definition) is 5. The van der Waals surface area contributed by atoms with Crippen LogP contribution >= 0.6 is 0 Å². The quantitative estimate of drug-likeness (QED) is 0.740. The summed E-state index contributed by atoms with van der Waals surface area (Å²) in [6, 6.07) is 11.8. The molecule has 3 rings (SSSR count). The van der Waals surface area contributed by atoms with Gasteiger partial charge in [-0.25, -0.2) is 12.8 Å². The molecule has 0 atom stereocenters. The molecule has 0 aliphatic carbocycles. The van der Waals surface area contributed by atoms with Gasteiger partial charge >= 0.3 is 0 Å². The predicted molar refractivity (Wildman–Crippen MR) is 109 cm³/mol. The number of hydrogen-bond donors (Lipinski definition) is 1. The van der Waals surface area contributed by atoms with E-state index in [2.05, 4.69) is 10.2 Å². The van der Waals surface area contributed by atoms with Crippen molar-refractivity contribution in [3.8, 4) is 0 Å². The van der Waals surface area contributed by atoms with Crippen molar-refractivity contribution in [2.75, 3.05) is 29.1 Å². The van der Waals surface area contributed by atoms with Crippen molar-refractivity contribution in [2.24, 2.45) is 0 Å². The lowest BCUT2D eigenvalue weighted by atomic mass is 10.0. The number of carbonyl (C=O) groups is 1. The number of ketones is 1. The molecule has 1 N–H and O–H groups in total. The maximum atomic E-state index is 14.0. The molecule has 1 heterocycles. The Morgan fingerprint density at radius 1 is 1.14 bits per heavy atom. The van der Waals surface area contributed by atoms with Crippen LogP contribution in [-0.2, 0) is 9.84 Å². The van der Waals surface area contributed by atoms with Gasteiger partial charge in [-0.15, -0.1) is 0 Å². The SMILES string of the molecule is CCS(=O)(=O)c1ccccc1N1CCC(Nc2cccc(F)c2C(C)=O)CC1. The lowest BCUT2D eigenvalue weighted by Crippen LogP contribution is -2.40. The number of para-hydroxylation sites is 1. The Bertz CT molecular complexity index is 967. The number of nitrogens with zero attached hydrogens (tertiary/aromatic N) is 1. The lowest BCUT2D eigenvalue weighted by molar-refractivity contribution is 0.101. The number of anilines is 2. The van der Waals surface area contributed by atoms with Gasteiger partial charge in [0.25, 0.3) is 0 Å². The van der Waals surface area contributed by atoms with Crippen molar-refractivity contribution in [1.29, 1.82) is 0 Å². The van der Waals surface area contributed by atoms with Crippen molar-refractivity contribution < 1.29 is 17.6 Å². The van der Waals surface area contributed by atoms with E-state index in [9.17, 15) is 17.6 Å². The molecule has 150 valence electrons. The fraction of sp³-hybridized carbons (Fsp3) is 0.381. The van der Waals surface area contributed by atoms with E-state index >= 15 is 0 Å². The first-order valence-corrected chi connectivity index (χ1v) is 11.1. The fourth-order valence-electron chi connectivity index (χ4n) is 3.62. The Morgan fingerprint density at radius 2 is 1.82 bits per heavy atom. The van der Waals surface area contributed by atoms with Crippen LogP contribution in [0.3, 0.4) is 0 Å². The maximum absolute atomic E-state index is 14.0. The average molecular weight is 405 g/mol. The Kier molecular flexibility index (Phi) is 6.03. The van der Waals surface area contributed by atoms with Gasteiger partial charge in [0.2, 0.25) is 0 Å². The van der Waals surface area contributed by atoms with Gasteiger partial charge in [-0.1, -0.05) is 25.1 Å². The van der Waals surface area contributed by atoms with Gasteiger partial charge in [-0.3, -0.25) is 4.79 Å². The molecule has 28 heavy (non-hydrogen) atoms. The number of nitrogens with one attached hydrogen (secondary N) is 1. The number of carbonyl (C=O) groups excluding carboxylic acids is 1. The summed E-state index contributed by atoms with van der Waals surface area (Å²) in [5.41, 5.74) is 1.34. The Morgan fingerprint density at radius 3 is 2.46 bits per heavy atom. The highest BCUT2D eigenvalue weighted by Gasteiger charge is 2.25. The highest BCUT2D eigenvalue weighted by atomic mass is 32.2. The van der Waals surface area contributed by atoms with Crippen LogP contribution in [0.25, 0.3) is 0 Å². The molecule has 0 radical (unpaired) electrons. The minimum absolute atomic E-state index is 0.0649. The van der Waals surface area contributed by atoms with Gasteiger partial charge in [0.05, 0.1) is 21.9 Å². The molecule has 0 unspecified atom stereocenters. The smallest absolute Gasteiger partial charge is 0.180 e. The molecule has 7 heteroatoms. The summed E-state index contributed by atoms with van der Waals surface area (Å²) < 4.78 is 38.8. The van der Waals surface area contributed by atoms with E-state index in [0.717, 1.165) is 18.5 Å². The maximum Gasteiger partial charge on any atom is 0.180 e. The standard InChI is InChI=1S/C21H25FN2O3S/c1-3-28(26,27)20-10-5-4-9-19(20)24-13-11-16(12-14-24)23-18-8-6-7-17(22)21(18)15(2)25/h4-10,16,23H,3,11-14H2,1-2H3. The minimum atomic E-state index is -3.30. The zero-order valence-corrected chi connectivity index (χ0v) is 16.9. The van der Waals surface area contributed by atoms with E-state index < -0.39 is 15.7 Å². The van der Waals surface area contributed by atoms with Crippen LogP contribution in [0.4, 0.5) is 15.8 Å². The molecule has 0 aromatic heterocycles. The van der Waals surface area contributed by atoms with E-state index in [-0.39, 0.29) is 23.1 Å². The van der Waals surface area contributed by atoms with Crippen molar-refractivity contribution >= 4 is 27.0 Å². The number of benzene rings is 2. The zero-order chi connectivity index (χ0) is 20.3. The minimum Gasteiger partial charge on any atom is -0.382 e. The molecule has 0 amide bonds. The second kappa shape index (κ2) is 8.31. The largest absolute Gasteiger partial charge is 0.382 e. The van der Waals surface area contributed by atoms with Crippen molar-refractivity contribution in [3.63, 3.8) is 0 Å². The highest BCUT2D eigenvalue weighted by molar-refractivity contribution is 7.91. The summed E-state index contributed by atoms with van der Waals surface area (Å²) in [7, 11) is -3.30. The van der Waals surface area contributed by atoms with Gasteiger partial charge in [0, 0.05) is 24.8 Å². The number of rotatable bonds is 6.